The number of hydrogen-bond acceptors (Lipinski definition) is 5. The topological polar surface area (TPSA) is 107 Å². The third kappa shape index (κ3) is 2.27. The van der Waals surface area contributed by atoms with Crippen molar-refractivity contribution >= 4 is 17.8 Å². The van der Waals surface area contributed by atoms with Crippen LogP contribution in [0, 0.1) is 0 Å². The first-order chi connectivity index (χ1) is 6.54. The van der Waals surface area contributed by atoms with Gasteiger partial charge >= 0.3 is 6.03 Å². The van der Waals surface area contributed by atoms with Gasteiger partial charge in [0.15, 0.2) is 0 Å². The van der Waals surface area contributed by atoms with Crippen LogP contribution in [0.2, 0.25) is 0 Å². The van der Waals surface area contributed by atoms with E-state index in [-0.39, 0.29) is 6.54 Å². The molecule has 0 radical (unpaired) electrons. The van der Waals surface area contributed by atoms with E-state index < -0.39 is 37.0 Å². The number of imide groups is 2. The van der Waals surface area contributed by atoms with E-state index in [0.29, 0.717) is 4.90 Å². The molecule has 0 aromatic rings. The number of aliphatic hydroxyl groups is 2. The number of rotatable bonds is 3. The van der Waals surface area contributed by atoms with Gasteiger partial charge in [0.05, 0.1) is 19.3 Å². The van der Waals surface area contributed by atoms with Gasteiger partial charge in [0, 0.05) is 0 Å². The number of carbonyl (C=O) groups excluding carboxylic acids is 3. The zero-order chi connectivity index (χ0) is 10.7. The molecule has 0 saturated carbocycles. The highest BCUT2D eigenvalue weighted by atomic mass is 16.3. The maximum atomic E-state index is 11.1. The van der Waals surface area contributed by atoms with Crippen LogP contribution in [0.15, 0.2) is 0 Å². The average molecular weight is 202 g/mol. The molecule has 0 aromatic heterocycles. The first-order valence-electron chi connectivity index (χ1n) is 3.97. The summed E-state index contributed by atoms with van der Waals surface area (Å²) in [5.74, 6) is -1.33. The standard InChI is InChI=1S/C7H10N2O5/c10-3-4(11)2-9-6(13)1-5(12)8-7(9)14/h4,10-11H,1-3H2,(H,8,12,14). The number of nitrogens with one attached hydrogen (secondary N) is 1. The maximum Gasteiger partial charge on any atom is 0.330 e. The Hall–Kier alpha value is -1.47. The Balaban J connectivity index is 2.63. The zero-order valence-electron chi connectivity index (χ0n) is 7.27. The van der Waals surface area contributed by atoms with Crippen LogP contribution >= 0.6 is 0 Å². The van der Waals surface area contributed by atoms with Crippen LogP contribution < -0.4 is 5.32 Å². The number of amides is 4. The number of barbiturate groups is 1. The van der Waals surface area contributed by atoms with Crippen LogP contribution in [-0.2, 0) is 9.59 Å². The molecule has 0 aromatic carbocycles. The summed E-state index contributed by atoms with van der Waals surface area (Å²) >= 11 is 0. The first kappa shape index (κ1) is 10.6. The highest BCUT2D eigenvalue weighted by Gasteiger charge is 2.31. The van der Waals surface area contributed by atoms with Gasteiger partial charge in [-0.05, 0) is 0 Å². The van der Waals surface area contributed by atoms with E-state index in [1.165, 1.54) is 0 Å². The summed E-state index contributed by atoms with van der Waals surface area (Å²) in [6.07, 6.45) is -1.60. The largest absolute Gasteiger partial charge is 0.394 e. The van der Waals surface area contributed by atoms with Gasteiger partial charge < -0.3 is 10.2 Å². The lowest BCUT2D eigenvalue weighted by Gasteiger charge is -2.25. The molecule has 1 aliphatic rings. The van der Waals surface area contributed by atoms with Crippen molar-refractivity contribution in [3.8, 4) is 0 Å². The molecule has 4 amide bonds. The highest BCUT2D eigenvalue weighted by molar-refractivity contribution is 6.14. The first-order valence-corrected chi connectivity index (χ1v) is 3.97. The number of carbonyl (C=O) groups is 3. The minimum absolute atomic E-state index is 0.311. The summed E-state index contributed by atoms with van der Waals surface area (Å²) in [7, 11) is 0. The molecule has 14 heavy (non-hydrogen) atoms. The number of urea groups is 1. The molecule has 1 rings (SSSR count). The van der Waals surface area contributed by atoms with Crippen molar-refractivity contribution in [2.24, 2.45) is 0 Å². The van der Waals surface area contributed by atoms with Gasteiger partial charge in [-0.3, -0.25) is 19.8 Å². The van der Waals surface area contributed by atoms with Crippen molar-refractivity contribution in [3.63, 3.8) is 0 Å². The Kier molecular flexibility index (Phi) is 3.15. The second-order valence-electron chi connectivity index (χ2n) is 2.87. The van der Waals surface area contributed by atoms with Gasteiger partial charge in [-0.25, -0.2) is 4.79 Å². The molecule has 7 heteroatoms. The van der Waals surface area contributed by atoms with Gasteiger partial charge in [0.2, 0.25) is 11.8 Å². The smallest absolute Gasteiger partial charge is 0.330 e. The van der Waals surface area contributed by atoms with Crippen molar-refractivity contribution < 1.29 is 24.6 Å². The molecular formula is C7H10N2O5. The zero-order valence-corrected chi connectivity index (χ0v) is 7.27. The maximum absolute atomic E-state index is 11.1. The third-order valence-electron chi connectivity index (χ3n) is 1.71. The lowest BCUT2D eigenvalue weighted by atomic mass is 10.2. The Bertz CT molecular complexity index is 257. The fourth-order valence-electron chi connectivity index (χ4n) is 1.03. The molecule has 0 bridgehead atoms. The Morgan fingerprint density at radius 1 is 1.43 bits per heavy atom. The molecule has 0 spiro atoms. The van der Waals surface area contributed by atoms with E-state index >= 15 is 0 Å². The number of hydrogen-bond donors (Lipinski definition) is 3. The van der Waals surface area contributed by atoms with Crippen LogP contribution in [-0.4, -0.2) is 52.2 Å². The second kappa shape index (κ2) is 4.16. The fraction of sp³-hybridized carbons (Fsp3) is 0.571. The number of aliphatic hydroxyl groups excluding tert-OH is 2. The van der Waals surface area contributed by atoms with Crippen LogP contribution in [0.25, 0.3) is 0 Å². The molecule has 1 aliphatic heterocycles. The molecule has 1 unspecified atom stereocenters. The van der Waals surface area contributed by atoms with Crippen LogP contribution in [0.1, 0.15) is 6.42 Å². The third-order valence-corrected chi connectivity index (χ3v) is 1.71. The predicted molar refractivity (Wildman–Crippen MR) is 43.0 cm³/mol. The SMILES string of the molecule is O=C1CC(=O)N(CC(O)CO)C(=O)N1. The van der Waals surface area contributed by atoms with E-state index in [1.807, 2.05) is 5.32 Å². The Morgan fingerprint density at radius 3 is 2.57 bits per heavy atom. The molecule has 1 saturated heterocycles. The summed E-state index contributed by atoms with van der Waals surface area (Å²) in [6, 6.07) is -0.862. The van der Waals surface area contributed by atoms with Gasteiger partial charge in [0.1, 0.15) is 6.42 Å². The highest BCUT2D eigenvalue weighted by Crippen LogP contribution is 2.03. The van der Waals surface area contributed by atoms with E-state index in [2.05, 4.69) is 0 Å². The number of nitrogens with zero attached hydrogens (tertiary/aromatic N) is 1. The van der Waals surface area contributed by atoms with E-state index in [0.717, 1.165) is 0 Å². The summed E-state index contributed by atoms with van der Waals surface area (Å²) in [6.45, 7) is -0.862. The predicted octanol–water partition coefficient (Wildman–Crippen LogP) is -2.19. The minimum Gasteiger partial charge on any atom is -0.394 e. The van der Waals surface area contributed by atoms with E-state index in [4.69, 9.17) is 10.2 Å². The van der Waals surface area contributed by atoms with Gasteiger partial charge in [-0.15, -0.1) is 0 Å². The van der Waals surface area contributed by atoms with E-state index in [9.17, 15) is 14.4 Å². The molecule has 3 N–H and O–H groups in total. The van der Waals surface area contributed by atoms with Gasteiger partial charge in [0.25, 0.3) is 0 Å². The molecule has 1 atom stereocenters. The quantitative estimate of drug-likeness (QED) is 0.450. The second-order valence-corrected chi connectivity index (χ2v) is 2.87. The van der Waals surface area contributed by atoms with Crippen molar-refractivity contribution in [1.82, 2.24) is 10.2 Å². The van der Waals surface area contributed by atoms with Gasteiger partial charge in [-0.1, -0.05) is 0 Å². The summed E-state index contributed by atoms with van der Waals surface area (Å²) in [4.78, 5) is 33.6. The molecule has 7 nitrogen and oxygen atoms in total. The lowest BCUT2D eigenvalue weighted by Crippen LogP contribution is -2.54. The van der Waals surface area contributed by atoms with Crippen molar-refractivity contribution in [1.29, 1.82) is 0 Å². The van der Waals surface area contributed by atoms with E-state index in [1.54, 1.807) is 0 Å². The lowest BCUT2D eigenvalue weighted by molar-refractivity contribution is -0.137. The number of β-amino-alcohol motifs (C(OH)–C–C–N with tert-alkyl or cyclic N) is 1. The molecule has 78 valence electrons. The van der Waals surface area contributed by atoms with Crippen LogP contribution in [0.3, 0.4) is 0 Å². The molecule has 1 heterocycles. The normalized spacial score (nSPS) is 19.6. The average Bonchev–Trinajstić information content (AvgIpc) is 2.10. The van der Waals surface area contributed by atoms with Crippen LogP contribution in [0.5, 0.6) is 0 Å². The summed E-state index contributed by atoms with van der Waals surface area (Å²) in [5, 5.41) is 19.4. The molecule has 1 fully saturated rings. The van der Waals surface area contributed by atoms with Crippen LogP contribution in [0.4, 0.5) is 4.79 Å². The molecular weight excluding hydrogens is 192 g/mol. The van der Waals surface area contributed by atoms with Crippen molar-refractivity contribution in [2.75, 3.05) is 13.2 Å². The minimum atomic E-state index is -1.18. The summed E-state index contributed by atoms with van der Waals surface area (Å²) < 4.78 is 0. The monoisotopic (exact) mass is 202 g/mol. The summed E-state index contributed by atoms with van der Waals surface area (Å²) in [5.41, 5.74) is 0. The van der Waals surface area contributed by atoms with Crippen molar-refractivity contribution in [3.05, 3.63) is 0 Å². The Labute approximate surface area is 79.3 Å². The Morgan fingerprint density at radius 2 is 2.07 bits per heavy atom. The van der Waals surface area contributed by atoms with Crippen molar-refractivity contribution in [2.45, 2.75) is 12.5 Å². The fourth-order valence-corrected chi connectivity index (χ4v) is 1.03. The van der Waals surface area contributed by atoms with Gasteiger partial charge in [-0.2, -0.15) is 0 Å². The molecule has 0 aliphatic carbocycles.